The number of hydrogen-bond acceptors (Lipinski definition) is 5. The lowest BCUT2D eigenvalue weighted by Gasteiger charge is -2.53. The van der Waals surface area contributed by atoms with Crippen LogP contribution in [0.25, 0.3) is 0 Å². The Morgan fingerprint density at radius 3 is 2.50 bits per heavy atom. The van der Waals surface area contributed by atoms with E-state index in [1.807, 2.05) is 30.3 Å². The van der Waals surface area contributed by atoms with Gasteiger partial charge in [0.15, 0.2) is 0 Å². The van der Waals surface area contributed by atoms with E-state index >= 15 is 0 Å². The molecule has 0 saturated carbocycles. The van der Waals surface area contributed by atoms with Crippen molar-refractivity contribution in [3.8, 4) is 0 Å². The highest BCUT2D eigenvalue weighted by Crippen LogP contribution is 2.41. The minimum absolute atomic E-state index is 0.208. The summed E-state index contributed by atoms with van der Waals surface area (Å²) in [6, 6.07) is 8.41. The van der Waals surface area contributed by atoms with Gasteiger partial charge in [0.2, 0.25) is 5.91 Å². The normalized spacial score (nSPS) is 23.2. The van der Waals surface area contributed by atoms with Crippen LogP contribution >= 0.6 is 0 Å². The zero-order valence-corrected chi connectivity index (χ0v) is 18.1. The Balaban J connectivity index is 1.69. The van der Waals surface area contributed by atoms with Crippen LogP contribution in [0.3, 0.4) is 0 Å². The van der Waals surface area contributed by atoms with E-state index in [1.165, 1.54) is 16.7 Å². The maximum Gasteiger partial charge on any atom is 0.411 e. The van der Waals surface area contributed by atoms with Crippen LogP contribution in [0.15, 0.2) is 30.3 Å². The van der Waals surface area contributed by atoms with E-state index < -0.39 is 35.3 Å². The molecule has 3 unspecified atom stereocenters. The summed E-state index contributed by atoms with van der Waals surface area (Å²) in [5.74, 6) is -0.731. The van der Waals surface area contributed by atoms with Crippen LogP contribution in [0.5, 0.6) is 0 Å². The zero-order chi connectivity index (χ0) is 22.1. The van der Waals surface area contributed by atoms with Crippen molar-refractivity contribution in [1.82, 2.24) is 15.1 Å². The van der Waals surface area contributed by atoms with E-state index in [0.717, 1.165) is 5.56 Å². The fourth-order valence-electron chi connectivity index (χ4n) is 4.18. The van der Waals surface area contributed by atoms with Crippen molar-refractivity contribution in [1.29, 1.82) is 0 Å². The Hall–Kier alpha value is -2.61. The average Bonchev–Trinajstić information content (AvgIpc) is 3.12. The van der Waals surface area contributed by atoms with Gasteiger partial charge in [-0.15, -0.1) is 0 Å². The third-order valence-corrected chi connectivity index (χ3v) is 5.56. The summed E-state index contributed by atoms with van der Waals surface area (Å²) in [7, 11) is 0. The summed E-state index contributed by atoms with van der Waals surface area (Å²) in [4.78, 5) is 41.4. The van der Waals surface area contributed by atoms with Crippen LogP contribution in [0, 0.1) is 0 Å². The van der Waals surface area contributed by atoms with Gasteiger partial charge >= 0.3 is 6.09 Å². The van der Waals surface area contributed by atoms with Crippen molar-refractivity contribution in [3.05, 3.63) is 35.9 Å². The molecule has 2 N–H and O–H groups in total. The topological polar surface area (TPSA) is 99.2 Å². The lowest BCUT2D eigenvalue weighted by molar-refractivity contribution is -0.171. The molecule has 8 nitrogen and oxygen atoms in total. The Labute approximate surface area is 177 Å². The Bertz CT molecular complexity index is 805. The molecule has 1 aromatic carbocycles. The molecule has 2 aliphatic heterocycles. The number of rotatable bonds is 5. The highest BCUT2D eigenvalue weighted by molar-refractivity contribution is 5.99. The summed E-state index contributed by atoms with van der Waals surface area (Å²) in [5, 5.41) is 13.0. The number of nitrogens with zero attached hydrogens (tertiary/aromatic N) is 2. The molecule has 3 amide bonds. The van der Waals surface area contributed by atoms with E-state index in [1.54, 1.807) is 20.8 Å². The maximum atomic E-state index is 13.2. The molecule has 2 aliphatic rings. The Morgan fingerprint density at radius 1 is 1.27 bits per heavy atom. The van der Waals surface area contributed by atoms with Crippen LogP contribution in [0.1, 0.15) is 46.1 Å². The molecule has 1 aromatic rings. The van der Waals surface area contributed by atoms with Gasteiger partial charge in [-0.05, 0) is 46.1 Å². The summed E-state index contributed by atoms with van der Waals surface area (Å²) in [5.41, 5.74) is -0.712. The van der Waals surface area contributed by atoms with Gasteiger partial charge in [0, 0.05) is 13.1 Å². The number of β-lactam (4-membered cyclic amide) rings is 1. The van der Waals surface area contributed by atoms with Crippen molar-refractivity contribution in [2.45, 2.75) is 70.4 Å². The SMILES string of the molecule is CC(O)C(C(=O)NCc1ccccc1)N1CC2(CCCN2C(=O)OC(C)(C)C)C1=O. The second-order valence-corrected chi connectivity index (χ2v) is 9.09. The van der Waals surface area contributed by atoms with Crippen molar-refractivity contribution in [2.24, 2.45) is 0 Å². The van der Waals surface area contributed by atoms with Crippen LogP contribution in [-0.2, 0) is 20.9 Å². The monoisotopic (exact) mass is 417 g/mol. The molecule has 2 heterocycles. The molecule has 0 bridgehead atoms. The van der Waals surface area contributed by atoms with Gasteiger partial charge in [-0.3, -0.25) is 14.5 Å². The largest absolute Gasteiger partial charge is 0.444 e. The predicted octanol–water partition coefficient (Wildman–Crippen LogP) is 1.66. The number of amides is 3. The van der Waals surface area contributed by atoms with Crippen LogP contribution in [-0.4, -0.2) is 69.2 Å². The molecule has 2 saturated heterocycles. The molecule has 30 heavy (non-hydrogen) atoms. The van der Waals surface area contributed by atoms with Gasteiger partial charge in [0.05, 0.1) is 12.6 Å². The molecule has 3 rings (SSSR count). The first-order chi connectivity index (χ1) is 14.0. The van der Waals surface area contributed by atoms with Crippen molar-refractivity contribution >= 4 is 17.9 Å². The fraction of sp³-hybridized carbons (Fsp3) is 0.591. The summed E-state index contributed by atoms with van der Waals surface area (Å²) in [6.45, 7) is 7.79. The standard InChI is InChI=1S/C22H31N3O5/c1-15(26)17(18(27)23-13-16-9-6-5-7-10-16)24-14-22(19(24)28)11-8-12-25(22)20(29)30-21(2,3)4/h5-7,9-10,15,17,26H,8,11-14H2,1-4H3,(H,23,27). The minimum atomic E-state index is -1.04. The summed E-state index contributed by atoms with van der Waals surface area (Å²) in [6.07, 6.45) is -0.341. The van der Waals surface area contributed by atoms with Crippen LogP contribution < -0.4 is 5.32 Å². The molecule has 164 valence electrons. The molecular weight excluding hydrogens is 386 g/mol. The summed E-state index contributed by atoms with van der Waals surface area (Å²) < 4.78 is 5.47. The first-order valence-electron chi connectivity index (χ1n) is 10.4. The first-order valence-corrected chi connectivity index (χ1v) is 10.4. The molecule has 0 aromatic heterocycles. The number of carbonyl (C=O) groups is 3. The van der Waals surface area contributed by atoms with E-state index in [9.17, 15) is 19.5 Å². The quantitative estimate of drug-likeness (QED) is 0.710. The summed E-state index contributed by atoms with van der Waals surface area (Å²) >= 11 is 0. The number of nitrogens with one attached hydrogen (secondary N) is 1. The lowest BCUT2D eigenvalue weighted by atomic mass is 9.83. The Morgan fingerprint density at radius 2 is 1.93 bits per heavy atom. The van der Waals surface area contributed by atoms with Gasteiger partial charge in [0.1, 0.15) is 17.2 Å². The molecule has 8 heteroatoms. The number of likely N-dealkylation sites (tertiary alicyclic amines) is 2. The van der Waals surface area contributed by atoms with Crippen LogP contribution in [0.4, 0.5) is 4.79 Å². The Kier molecular flexibility index (Phi) is 6.08. The fourth-order valence-corrected chi connectivity index (χ4v) is 4.18. The highest BCUT2D eigenvalue weighted by Gasteiger charge is 2.62. The van der Waals surface area contributed by atoms with Gasteiger partial charge in [0.25, 0.3) is 5.91 Å². The van der Waals surface area contributed by atoms with E-state index in [0.29, 0.717) is 25.9 Å². The van der Waals surface area contributed by atoms with E-state index in [-0.39, 0.29) is 12.5 Å². The maximum absolute atomic E-state index is 13.2. The van der Waals surface area contributed by atoms with Gasteiger partial charge in [-0.1, -0.05) is 30.3 Å². The molecule has 1 spiro atoms. The number of carbonyl (C=O) groups excluding carboxylic acids is 3. The number of aliphatic hydroxyl groups is 1. The number of benzene rings is 1. The second kappa shape index (κ2) is 8.26. The van der Waals surface area contributed by atoms with Gasteiger partial charge < -0.3 is 20.1 Å². The predicted molar refractivity (Wildman–Crippen MR) is 110 cm³/mol. The van der Waals surface area contributed by atoms with Crippen LogP contribution in [0.2, 0.25) is 0 Å². The lowest BCUT2D eigenvalue weighted by Crippen LogP contribution is -2.77. The van der Waals surface area contributed by atoms with Gasteiger partial charge in [-0.2, -0.15) is 0 Å². The highest BCUT2D eigenvalue weighted by atomic mass is 16.6. The third-order valence-electron chi connectivity index (χ3n) is 5.56. The van der Waals surface area contributed by atoms with Crippen molar-refractivity contribution in [2.75, 3.05) is 13.1 Å². The van der Waals surface area contributed by atoms with Crippen molar-refractivity contribution < 1.29 is 24.2 Å². The molecule has 0 aliphatic carbocycles. The molecular formula is C22H31N3O5. The van der Waals surface area contributed by atoms with E-state index in [2.05, 4.69) is 5.32 Å². The first kappa shape index (κ1) is 22.1. The average molecular weight is 418 g/mol. The van der Waals surface area contributed by atoms with Crippen molar-refractivity contribution in [3.63, 3.8) is 0 Å². The second-order valence-electron chi connectivity index (χ2n) is 9.09. The number of hydrogen-bond donors (Lipinski definition) is 2. The zero-order valence-electron chi connectivity index (χ0n) is 18.1. The number of aliphatic hydroxyl groups excluding tert-OH is 1. The minimum Gasteiger partial charge on any atom is -0.444 e. The van der Waals surface area contributed by atoms with E-state index in [4.69, 9.17) is 4.74 Å². The molecule has 2 fully saturated rings. The van der Waals surface area contributed by atoms with Gasteiger partial charge in [-0.25, -0.2) is 4.79 Å². The number of ether oxygens (including phenoxy) is 1. The molecule has 0 radical (unpaired) electrons. The molecule has 3 atom stereocenters. The smallest absolute Gasteiger partial charge is 0.411 e. The third kappa shape index (κ3) is 4.28.